The lowest BCUT2D eigenvalue weighted by atomic mass is 9.87. The average Bonchev–Trinajstić information content (AvgIpc) is 2.38. The van der Waals surface area contributed by atoms with Crippen molar-refractivity contribution in [1.82, 2.24) is 4.98 Å². The van der Waals surface area contributed by atoms with Gasteiger partial charge < -0.3 is 0 Å². The number of aryl methyl sites for hydroxylation is 1. The van der Waals surface area contributed by atoms with Crippen LogP contribution < -0.4 is 0 Å². The first kappa shape index (κ1) is 16.2. The van der Waals surface area contributed by atoms with Gasteiger partial charge in [0.25, 0.3) is 0 Å². The van der Waals surface area contributed by atoms with E-state index in [0.717, 1.165) is 17.8 Å². The second-order valence-corrected chi connectivity index (χ2v) is 6.70. The largest absolute Gasteiger partial charge is 0.265 e. The molecule has 0 unspecified atom stereocenters. The highest BCUT2D eigenvalue weighted by atomic mass is 14.6. The normalized spacial score (nSPS) is 11.7. The molecule has 0 amide bonds. The van der Waals surface area contributed by atoms with Crippen LogP contribution in [0.1, 0.15) is 65.4 Å². The van der Waals surface area contributed by atoms with Gasteiger partial charge in [0.15, 0.2) is 0 Å². The number of hydrogen-bond donors (Lipinski definition) is 0. The summed E-state index contributed by atoms with van der Waals surface area (Å²) in [5.41, 5.74) is 1.44. The molecule has 19 heavy (non-hydrogen) atoms. The highest BCUT2D eigenvalue weighted by molar-refractivity contribution is 5.09. The molecular weight excluding hydrogens is 230 g/mol. The zero-order valence-corrected chi connectivity index (χ0v) is 13.2. The molecule has 0 radical (unpaired) electrons. The van der Waals surface area contributed by atoms with Gasteiger partial charge in [-0.2, -0.15) is 0 Å². The summed E-state index contributed by atoms with van der Waals surface area (Å²) in [5.74, 6) is 2.57. The molecule has 0 aliphatic heterocycles. The van der Waals surface area contributed by atoms with Crippen molar-refractivity contribution < 1.29 is 0 Å². The number of rotatable bonds is 9. The number of hydrogen-bond acceptors (Lipinski definition) is 1. The Morgan fingerprint density at radius 1 is 0.789 bits per heavy atom. The van der Waals surface area contributed by atoms with Gasteiger partial charge in [-0.25, -0.2) is 0 Å². The van der Waals surface area contributed by atoms with E-state index in [4.69, 9.17) is 0 Å². The van der Waals surface area contributed by atoms with Crippen LogP contribution >= 0.6 is 0 Å². The summed E-state index contributed by atoms with van der Waals surface area (Å²) in [6.07, 6.45) is 11.9. The van der Waals surface area contributed by atoms with Gasteiger partial charge in [-0.1, -0.05) is 53.4 Å². The van der Waals surface area contributed by atoms with Crippen LogP contribution in [0, 0.1) is 17.8 Å². The maximum atomic E-state index is 4.09. The fourth-order valence-electron chi connectivity index (χ4n) is 2.49. The van der Waals surface area contributed by atoms with Gasteiger partial charge in [0.2, 0.25) is 0 Å². The van der Waals surface area contributed by atoms with Crippen LogP contribution in [-0.2, 0) is 6.42 Å². The lowest BCUT2D eigenvalue weighted by molar-refractivity contribution is 0.351. The van der Waals surface area contributed by atoms with Crippen LogP contribution in [-0.4, -0.2) is 4.98 Å². The van der Waals surface area contributed by atoms with Crippen LogP contribution in [0.3, 0.4) is 0 Å². The average molecular weight is 261 g/mol. The third-order valence-electron chi connectivity index (χ3n) is 3.90. The Morgan fingerprint density at radius 3 is 1.79 bits per heavy atom. The van der Waals surface area contributed by atoms with E-state index in [1.807, 2.05) is 12.4 Å². The zero-order chi connectivity index (χ0) is 14.1. The first-order valence-electron chi connectivity index (χ1n) is 7.96. The van der Waals surface area contributed by atoms with Gasteiger partial charge in [0.05, 0.1) is 0 Å². The molecular formula is C18H31N. The minimum Gasteiger partial charge on any atom is -0.265 e. The molecule has 1 aromatic heterocycles. The molecule has 1 heterocycles. The van der Waals surface area contributed by atoms with Crippen molar-refractivity contribution in [3.63, 3.8) is 0 Å². The summed E-state index contributed by atoms with van der Waals surface area (Å²) in [4.78, 5) is 4.09. The van der Waals surface area contributed by atoms with Crippen molar-refractivity contribution in [2.45, 2.75) is 66.2 Å². The van der Waals surface area contributed by atoms with Gasteiger partial charge in [-0.3, -0.25) is 4.98 Å². The van der Waals surface area contributed by atoms with E-state index >= 15 is 0 Å². The Bertz CT molecular complexity index is 304. The molecule has 1 rings (SSSR count). The lowest BCUT2D eigenvalue weighted by Gasteiger charge is -2.19. The Labute approximate surface area is 119 Å². The molecule has 1 heteroatoms. The fourth-order valence-corrected chi connectivity index (χ4v) is 2.49. The third kappa shape index (κ3) is 8.02. The van der Waals surface area contributed by atoms with Gasteiger partial charge in [-0.05, 0) is 48.3 Å². The van der Waals surface area contributed by atoms with E-state index in [9.17, 15) is 0 Å². The van der Waals surface area contributed by atoms with Gasteiger partial charge in [0, 0.05) is 12.4 Å². The van der Waals surface area contributed by atoms with Crippen LogP contribution in [0.5, 0.6) is 0 Å². The molecule has 0 spiro atoms. The summed E-state index contributed by atoms with van der Waals surface area (Å²) in [6, 6.07) is 4.31. The Morgan fingerprint density at radius 2 is 1.32 bits per heavy atom. The molecule has 0 aliphatic carbocycles. The van der Waals surface area contributed by atoms with Gasteiger partial charge in [0.1, 0.15) is 0 Å². The summed E-state index contributed by atoms with van der Waals surface area (Å²) >= 11 is 0. The molecule has 0 N–H and O–H groups in total. The number of aromatic nitrogens is 1. The molecule has 1 aromatic rings. The van der Waals surface area contributed by atoms with Crippen molar-refractivity contribution >= 4 is 0 Å². The summed E-state index contributed by atoms with van der Waals surface area (Å²) in [6.45, 7) is 9.34. The molecule has 1 nitrogen and oxygen atoms in total. The molecule has 0 aromatic carbocycles. The van der Waals surface area contributed by atoms with Crippen molar-refractivity contribution in [3.8, 4) is 0 Å². The summed E-state index contributed by atoms with van der Waals surface area (Å²) in [7, 11) is 0. The molecule has 0 aliphatic rings. The van der Waals surface area contributed by atoms with Crippen molar-refractivity contribution in [2.24, 2.45) is 17.8 Å². The van der Waals surface area contributed by atoms with Crippen molar-refractivity contribution in [3.05, 3.63) is 30.1 Å². The smallest absolute Gasteiger partial charge is 0.0270 e. The number of nitrogens with zero attached hydrogens (tertiary/aromatic N) is 1. The van der Waals surface area contributed by atoms with Crippen molar-refractivity contribution in [1.29, 1.82) is 0 Å². The van der Waals surface area contributed by atoms with E-state index in [1.165, 1.54) is 44.1 Å². The predicted octanol–water partition coefficient (Wildman–Crippen LogP) is 5.50. The van der Waals surface area contributed by atoms with Crippen LogP contribution in [0.2, 0.25) is 0 Å². The van der Waals surface area contributed by atoms with Gasteiger partial charge in [-0.15, -0.1) is 0 Å². The quantitative estimate of drug-likeness (QED) is 0.571. The first-order chi connectivity index (χ1) is 9.08. The van der Waals surface area contributed by atoms with Gasteiger partial charge >= 0.3 is 0 Å². The molecule has 0 saturated heterocycles. The molecule has 108 valence electrons. The minimum atomic E-state index is 0.836. The maximum absolute atomic E-state index is 4.09. The lowest BCUT2D eigenvalue weighted by Crippen LogP contribution is -2.06. The maximum Gasteiger partial charge on any atom is 0.0270 e. The van der Waals surface area contributed by atoms with Crippen molar-refractivity contribution in [2.75, 3.05) is 0 Å². The zero-order valence-electron chi connectivity index (χ0n) is 13.2. The van der Waals surface area contributed by atoms with E-state index in [2.05, 4.69) is 44.8 Å². The minimum absolute atomic E-state index is 0.836. The van der Waals surface area contributed by atoms with E-state index in [1.54, 1.807) is 0 Å². The molecule has 0 atom stereocenters. The van der Waals surface area contributed by atoms with E-state index in [-0.39, 0.29) is 0 Å². The monoisotopic (exact) mass is 261 g/mol. The standard InChI is InChI=1S/C18H31N/c1-15(2)5-7-17(8-6-16(3)4)9-10-18-11-13-19-14-12-18/h11-17H,5-10H2,1-4H3. The second kappa shape index (κ2) is 9.12. The van der Waals surface area contributed by atoms with Crippen LogP contribution in [0.15, 0.2) is 24.5 Å². The second-order valence-electron chi connectivity index (χ2n) is 6.70. The predicted molar refractivity (Wildman–Crippen MR) is 84.2 cm³/mol. The SMILES string of the molecule is CC(C)CCC(CCc1ccncc1)CCC(C)C. The summed E-state index contributed by atoms with van der Waals surface area (Å²) < 4.78 is 0. The topological polar surface area (TPSA) is 12.9 Å². The third-order valence-corrected chi connectivity index (χ3v) is 3.90. The number of pyridine rings is 1. The van der Waals surface area contributed by atoms with Crippen LogP contribution in [0.25, 0.3) is 0 Å². The fraction of sp³-hybridized carbons (Fsp3) is 0.722. The summed E-state index contributed by atoms with van der Waals surface area (Å²) in [5, 5.41) is 0. The molecule has 0 saturated carbocycles. The Hall–Kier alpha value is -0.850. The highest BCUT2D eigenvalue weighted by Gasteiger charge is 2.11. The molecule has 0 bridgehead atoms. The van der Waals surface area contributed by atoms with E-state index < -0.39 is 0 Å². The Kier molecular flexibility index (Phi) is 7.78. The van der Waals surface area contributed by atoms with E-state index in [0.29, 0.717) is 0 Å². The highest BCUT2D eigenvalue weighted by Crippen LogP contribution is 2.24. The first-order valence-corrected chi connectivity index (χ1v) is 7.96. The Balaban J connectivity index is 2.38. The molecule has 0 fully saturated rings. The van der Waals surface area contributed by atoms with Crippen LogP contribution in [0.4, 0.5) is 0 Å².